The summed E-state index contributed by atoms with van der Waals surface area (Å²) in [6.07, 6.45) is 0.0982. The van der Waals surface area contributed by atoms with E-state index in [2.05, 4.69) is 5.32 Å². The first-order valence-corrected chi connectivity index (χ1v) is 6.55. The molecule has 1 N–H and O–H groups in total. The average Bonchev–Trinajstić information content (AvgIpc) is 2.28. The van der Waals surface area contributed by atoms with Gasteiger partial charge in [0.25, 0.3) is 0 Å². The summed E-state index contributed by atoms with van der Waals surface area (Å²) in [5, 5.41) is 2.32. The molecule has 0 aromatic heterocycles. The first kappa shape index (κ1) is 14.8. The lowest BCUT2D eigenvalue weighted by molar-refractivity contribution is -0.121. The van der Waals surface area contributed by atoms with Gasteiger partial charge >= 0.3 is 0 Å². The summed E-state index contributed by atoms with van der Waals surface area (Å²) >= 11 is 5.74. The van der Waals surface area contributed by atoms with Gasteiger partial charge in [0.15, 0.2) is 0 Å². The van der Waals surface area contributed by atoms with Crippen LogP contribution in [0, 0.1) is 0 Å². The number of benzene rings is 1. The molecule has 0 spiro atoms. The Bertz CT molecular complexity index is 405. The van der Waals surface area contributed by atoms with Crippen LogP contribution in [0.5, 0.6) is 5.75 Å². The van der Waals surface area contributed by atoms with E-state index >= 15 is 0 Å². The molecule has 0 saturated carbocycles. The molecule has 4 heteroatoms. The Morgan fingerprint density at radius 2 is 1.83 bits per heavy atom. The van der Waals surface area contributed by atoms with E-state index in [-0.39, 0.29) is 18.1 Å². The monoisotopic (exact) mass is 269 g/mol. The fourth-order valence-corrected chi connectivity index (χ4v) is 1.67. The van der Waals surface area contributed by atoms with Gasteiger partial charge < -0.3 is 10.1 Å². The summed E-state index contributed by atoms with van der Waals surface area (Å²) in [4.78, 5) is 11.6. The molecule has 2 atom stereocenters. The molecule has 1 amide bonds. The molecule has 1 aromatic rings. The van der Waals surface area contributed by atoms with Crippen LogP contribution >= 0.6 is 11.6 Å². The van der Waals surface area contributed by atoms with Crippen LogP contribution in [0.15, 0.2) is 24.3 Å². The quantitative estimate of drug-likeness (QED) is 0.833. The fraction of sp³-hybridized carbons (Fsp3) is 0.500. The molecule has 0 aliphatic heterocycles. The van der Waals surface area contributed by atoms with E-state index < -0.39 is 5.38 Å². The van der Waals surface area contributed by atoms with Gasteiger partial charge in [-0.1, -0.05) is 18.2 Å². The van der Waals surface area contributed by atoms with Gasteiger partial charge in [0, 0.05) is 5.56 Å². The molecule has 0 heterocycles. The second kappa shape index (κ2) is 6.64. The van der Waals surface area contributed by atoms with E-state index in [1.54, 1.807) is 6.92 Å². The highest BCUT2D eigenvalue weighted by Gasteiger charge is 2.17. The third-order valence-corrected chi connectivity index (χ3v) is 2.67. The highest BCUT2D eigenvalue weighted by atomic mass is 35.5. The van der Waals surface area contributed by atoms with Crippen LogP contribution < -0.4 is 10.1 Å². The van der Waals surface area contributed by atoms with E-state index in [4.69, 9.17) is 16.3 Å². The van der Waals surface area contributed by atoms with Crippen molar-refractivity contribution in [1.82, 2.24) is 5.32 Å². The highest BCUT2D eigenvalue weighted by molar-refractivity contribution is 6.30. The number of carbonyl (C=O) groups excluding carboxylic acids is 1. The first-order valence-electron chi connectivity index (χ1n) is 6.11. The number of para-hydroxylation sites is 1. The summed E-state index contributed by atoms with van der Waals surface area (Å²) in [6, 6.07) is 7.56. The molecule has 0 aliphatic carbocycles. The summed E-state index contributed by atoms with van der Waals surface area (Å²) < 4.78 is 5.72. The second-order valence-electron chi connectivity index (χ2n) is 4.55. The summed E-state index contributed by atoms with van der Waals surface area (Å²) in [7, 11) is 0. The van der Waals surface area contributed by atoms with Crippen molar-refractivity contribution in [2.24, 2.45) is 0 Å². The van der Waals surface area contributed by atoms with E-state index in [1.165, 1.54) is 0 Å². The molecular formula is C14H20ClNO2. The molecule has 1 aromatic carbocycles. The van der Waals surface area contributed by atoms with Crippen LogP contribution in [0.2, 0.25) is 0 Å². The van der Waals surface area contributed by atoms with Crippen LogP contribution in [0.4, 0.5) is 0 Å². The van der Waals surface area contributed by atoms with Crippen molar-refractivity contribution in [3.05, 3.63) is 29.8 Å². The average molecular weight is 270 g/mol. The van der Waals surface area contributed by atoms with Crippen molar-refractivity contribution >= 4 is 17.5 Å². The Labute approximate surface area is 113 Å². The van der Waals surface area contributed by atoms with Gasteiger partial charge in [-0.2, -0.15) is 0 Å². The molecule has 0 fully saturated rings. The van der Waals surface area contributed by atoms with Crippen molar-refractivity contribution < 1.29 is 9.53 Å². The van der Waals surface area contributed by atoms with Crippen LogP contribution in [0.25, 0.3) is 0 Å². The maximum atomic E-state index is 11.6. The molecule has 0 radical (unpaired) electrons. The number of halogens is 1. The van der Waals surface area contributed by atoms with Crippen LogP contribution in [0.1, 0.15) is 39.3 Å². The summed E-state index contributed by atoms with van der Waals surface area (Å²) in [5.74, 6) is 0.617. The lowest BCUT2D eigenvalue weighted by Gasteiger charge is -2.20. The molecule has 100 valence electrons. The lowest BCUT2D eigenvalue weighted by Crippen LogP contribution is -2.32. The first-order chi connectivity index (χ1) is 8.41. The lowest BCUT2D eigenvalue weighted by atomic mass is 10.1. The standard InChI is InChI=1S/C14H20ClNO2/c1-9(2)18-13-8-6-5-7-12(13)11(4)16-14(17)10(3)15/h5-11H,1-4H3,(H,16,17). The van der Waals surface area contributed by atoms with Crippen LogP contribution in [0.3, 0.4) is 0 Å². The van der Waals surface area contributed by atoms with Gasteiger partial charge in [-0.15, -0.1) is 11.6 Å². The predicted octanol–water partition coefficient (Wildman–Crippen LogP) is 3.28. The van der Waals surface area contributed by atoms with Crippen molar-refractivity contribution in [1.29, 1.82) is 0 Å². The minimum Gasteiger partial charge on any atom is -0.491 e. The molecule has 0 bridgehead atoms. The van der Waals surface area contributed by atoms with Crippen LogP contribution in [-0.4, -0.2) is 17.4 Å². The van der Waals surface area contributed by atoms with Crippen molar-refractivity contribution in [2.45, 2.75) is 45.2 Å². The topological polar surface area (TPSA) is 38.3 Å². The predicted molar refractivity (Wildman–Crippen MR) is 74.1 cm³/mol. The van der Waals surface area contributed by atoms with Crippen molar-refractivity contribution in [2.75, 3.05) is 0 Å². The number of hydrogen-bond donors (Lipinski definition) is 1. The fourth-order valence-electron chi connectivity index (χ4n) is 1.61. The Morgan fingerprint density at radius 3 is 2.39 bits per heavy atom. The molecule has 18 heavy (non-hydrogen) atoms. The number of ether oxygens (including phenoxy) is 1. The second-order valence-corrected chi connectivity index (χ2v) is 5.21. The van der Waals surface area contributed by atoms with Crippen molar-refractivity contribution in [3.8, 4) is 5.75 Å². The third kappa shape index (κ3) is 4.22. The largest absolute Gasteiger partial charge is 0.491 e. The van der Waals surface area contributed by atoms with Crippen LogP contribution in [-0.2, 0) is 4.79 Å². The minimum atomic E-state index is -0.536. The Balaban J connectivity index is 2.84. The Kier molecular flexibility index (Phi) is 5.48. The van der Waals surface area contributed by atoms with Gasteiger partial charge in [0.1, 0.15) is 11.1 Å². The SMILES string of the molecule is CC(C)Oc1ccccc1C(C)NC(=O)C(C)Cl. The highest BCUT2D eigenvalue weighted by Crippen LogP contribution is 2.25. The normalized spacial score (nSPS) is 14.1. The summed E-state index contributed by atoms with van der Waals surface area (Å²) in [5.41, 5.74) is 0.955. The Hall–Kier alpha value is -1.22. The molecule has 0 aliphatic rings. The zero-order chi connectivity index (χ0) is 13.7. The molecule has 3 nitrogen and oxygen atoms in total. The molecule has 2 unspecified atom stereocenters. The van der Waals surface area contributed by atoms with Gasteiger partial charge in [0.2, 0.25) is 5.91 Å². The van der Waals surface area contributed by atoms with Gasteiger partial charge in [-0.25, -0.2) is 0 Å². The number of rotatable bonds is 5. The maximum absolute atomic E-state index is 11.6. The Morgan fingerprint density at radius 1 is 1.22 bits per heavy atom. The molecular weight excluding hydrogens is 250 g/mol. The zero-order valence-electron chi connectivity index (χ0n) is 11.2. The van der Waals surface area contributed by atoms with Gasteiger partial charge in [0.05, 0.1) is 12.1 Å². The smallest absolute Gasteiger partial charge is 0.238 e. The van der Waals surface area contributed by atoms with E-state index in [0.717, 1.165) is 11.3 Å². The zero-order valence-corrected chi connectivity index (χ0v) is 12.0. The third-order valence-electron chi connectivity index (χ3n) is 2.47. The molecule has 1 rings (SSSR count). The van der Waals surface area contributed by atoms with Gasteiger partial charge in [-0.05, 0) is 33.8 Å². The van der Waals surface area contributed by atoms with E-state index in [0.29, 0.717) is 0 Å². The number of carbonyl (C=O) groups is 1. The number of hydrogen-bond acceptors (Lipinski definition) is 2. The minimum absolute atomic E-state index is 0.0982. The maximum Gasteiger partial charge on any atom is 0.238 e. The van der Waals surface area contributed by atoms with E-state index in [1.807, 2.05) is 45.0 Å². The van der Waals surface area contributed by atoms with Crippen molar-refractivity contribution in [3.63, 3.8) is 0 Å². The number of amides is 1. The summed E-state index contributed by atoms with van der Waals surface area (Å²) in [6.45, 7) is 7.52. The van der Waals surface area contributed by atoms with E-state index in [9.17, 15) is 4.79 Å². The molecule has 0 saturated heterocycles. The van der Waals surface area contributed by atoms with Gasteiger partial charge in [-0.3, -0.25) is 4.79 Å². The number of alkyl halides is 1. The number of nitrogens with one attached hydrogen (secondary N) is 1.